The van der Waals surface area contributed by atoms with Crippen LogP contribution in [0.25, 0.3) is 43.6 Å². The van der Waals surface area contributed by atoms with Crippen molar-refractivity contribution < 1.29 is 0 Å². The van der Waals surface area contributed by atoms with E-state index < -0.39 is 0 Å². The summed E-state index contributed by atoms with van der Waals surface area (Å²) in [4.78, 5) is 33.1. The second-order valence-corrected chi connectivity index (χ2v) is 8.38. The van der Waals surface area contributed by atoms with E-state index in [1.54, 1.807) is 12.1 Å². The highest BCUT2D eigenvalue weighted by Crippen LogP contribution is 2.29. The maximum atomic E-state index is 13.4. The normalized spacial score (nSPS) is 12.4. The van der Waals surface area contributed by atoms with E-state index >= 15 is 0 Å². The summed E-state index contributed by atoms with van der Waals surface area (Å²) in [5.41, 5.74) is 3.74. The molecular formula is C24H20N2O2. The molecule has 138 valence electrons. The van der Waals surface area contributed by atoms with E-state index in [0.29, 0.717) is 32.6 Å². The van der Waals surface area contributed by atoms with Crippen molar-refractivity contribution in [1.29, 1.82) is 0 Å². The van der Waals surface area contributed by atoms with Gasteiger partial charge in [0.1, 0.15) is 0 Å². The summed E-state index contributed by atoms with van der Waals surface area (Å²) in [6, 6.07) is 16.9. The monoisotopic (exact) mass is 368 g/mol. The first kappa shape index (κ1) is 16.8. The average molecular weight is 368 g/mol. The lowest BCUT2D eigenvalue weighted by atomic mass is 9.84. The number of para-hydroxylation sites is 1. The third-order valence-corrected chi connectivity index (χ3v) is 5.46. The number of hydrogen-bond acceptors (Lipinski definition) is 2. The van der Waals surface area contributed by atoms with Gasteiger partial charge in [0.05, 0.1) is 16.6 Å². The summed E-state index contributed by atoms with van der Waals surface area (Å²) >= 11 is 0. The highest BCUT2D eigenvalue weighted by Gasteiger charge is 2.20. The van der Waals surface area contributed by atoms with Gasteiger partial charge < -0.3 is 9.97 Å². The molecule has 0 saturated carbocycles. The minimum absolute atomic E-state index is 0.00909. The molecule has 0 aliphatic heterocycles. The zero-order valence-corrected chi connectivity index (χ0v) is 16.0. The van der Waals surface area contributed by atoms with E-state index in [1.807, 2.05) is 42.5 Å². The molecule has 0 fully saturated rings. The van der Waals surface area contributed by atoms with Crippen molar-refractivity contribution in [3.63, 3.8) is 0 Å². The number of aromatic amines is 2. The van der Waals surface area contributed by atoms with Crippen molar-refractivity contribution in [2.75, 3.05) is 0 Å². The molecular weight excluding hydrogens is 348 g/mol. The molecule has 0 unspecified atom stereocenters. The van der Waals surface area contributed by atoms with Crippen LogP contribution >= 0.6 is 0 Å². The van der Waals surface area contributed by atoms with Crippen LogP contribution in [0.5, 0.6) is 0 Å². The quantitative estimate of drug-likeness (QED) is 0.379. The molecule has 28 heavy (non-hydrogen) atoms. The minimum atomic E-state index is -0.151. The summed E-state index contributed by atoms with van der Waals surface area (Å²) < 4.78 is 0. The van der Waals surface area contributed by atoms with Gasteiger partial charge in [0.15, 0.2) is 10.9 Å². The van der Waals surface area contributed by atoms with Crippen LogP contribution in [0.1, 0.15) is 26.3 Å². The average Bonchev–Trinajstić information content (AvgIpc) is 2.66. The van der Waals surface area contributed by atoms with Crippen LogP contribution in [0, 0.1) is 0 Å². The lowest BCUT2D eigenvalue weighted by Gasteiger charge is -2.21. The Morgan fingerprint density at radius 3 is 1.96 bits per heavy atom. The highest BCUT2D eigenvalue weighted by atomic mass is 16.1. The Labute approximate surface area is 160 Å². The zero-order valence-electron chi connectivity index (χ0n) is 16.0. The third-order valence-electron chi connectivity index (χ3n) is 5.46. The summed E-state index contributed by atoms with van der Waals surface area (Å²) in [6.07, 6.45) is 0. The van der Waals surface area contributed by atoms with Crippen LogP contribution in [0.2, 0.25) is 0 Å². The fraction of sp³-hybridized carbons (Fsp3) is 0.167. The molecule has 5 rings (SSSR count). The Balaban J connectivity index is 1.99. The van der Waals surface area contributed by atoms with Crippen molar-refractivity contribution in [1.82, 2.24) is 9.97 Å². The van der Waals surface area contributed by atoms with Crippen molar-refractivity contribution in [3.05, 3.63) is 80.6 Å². The fourth-order valence-corrected chi connectivity index (χ4v) is 4.07. The lowest BCUT2D eigenvalue weighted by molar-refractivity contribution is 0.595. The minimum Gasteiger partial charge on any atom is -0.354 e. The Hall–Kier alpha value is -3.40. The smallest absolute Gasteiger partial charge is 0.197 e. The van der Waals surface area contributed by atoms with Crippen LogP contribution in [0.4, 0.5) is 0 Å². The van der Waals surface area contributed by atoms with Gasteiger partial charge in [-0.05, 0) is 41.3 Å². The maximum Gasteiger partial charge on any atom is 0.197 e. The van der Waals surface area contributed by atoms with Gasteiger partial charge in [0, 0.05) is 27.1 Å². The first-order valence-electron chi connectivity index (χ1n) is 9.38. The number of hydrogen-bond donors (Lipinski definition) is 2. The molecule has 2 heterocycles. The lowest BCUT2D eigenvalue weighted by Crippen LogP contribution is -2.17. The van der Waals surface area contributed by atoms with Gasteiger partial charge in [-0.25, -0.2) is 0 Å². The van der Waals surface area contributed by atoms with E-state index in [-0.39, 0.29) is 16.3 Å². The van der Waals surface area contributed by atoms with E-state index in [2.05, 4.69) is 30.7 Å². The van der Waals surface area contributed by atoms with Gasteiger partial charge in [0.2, 0.25) is 0 Å². The van der Waals surface area contributed by atoms with E-state index in [4.69, 9.17) is 0 Å². The SMILES string of the molecule is CC(C)(C)c1cccc2[nH]c3cc4c(=O)c5ccccc5[nH]c4cc3c(=O)c12. The van der Waals surface area contributed by atoms with E-state index in [1.165, 1.54) is 0 Å². The fourth-order valence-electron chi connectivity index (χ4n) is 4.07. The van der Waals surface area contributed by atoms with Crippen LogP contribution in [0.3, 0.4) is 0 Å². The first-order chi connectivity index (χ1) is 13.3. The Kier molecular flexibility index (Phi) is 3.32. The maximum absolute atomic E-state index is 13.4. The van der Waals surface area contributed by atoms with Crippen LogP contribution < -0.4 is 10.9 Å². The number of H-pyrrole nitrogens is 2. The molecule has 2 N–H and O–H groups in total. The van der Waals surface area contributed by atoms with Gasteiger partial charge >= 0.3 is 0 Å². The molecule has 4 nitrogen and oxygen atoms in total. The number of fused-ring (bicyclic) bond motifs is 4. The molecule has 3 aromatic carbocycles. The van der Waals surface area contributed by atoms with Gasteiger partial charge in [0.25, 0.3) is 0 Å². The number of nitrogens with one attached hydrogen (secondary N) is 2. The largest absolute Gasteiger partial charge is 0.354 e. The molecule has 0 saturated heterocycles. The van der Waals surface area contributed by atoms with Gasteiger partial charge in [-0.15, -0.1) is 0 Å². The Morgan fingerprint density at radius 2 is 1.25 bits per heavy atom. The molecule has 0 bridgehead atoms. The third kappa shape index (κ3) is 2.31. The molecule has 0 spiro atoms. The van der Waals surface area contributed by atoms with Crippen LogP contribution in [-0.2, 0) is 5.41 Å². The molecule has 5 aromatic rings. The topological polar surface area (TPSA) is 65.7 Å². The molecule has 0 amide bonds. The summed E-state index contributed by atoms with van der Waals surface area (Å²) in [5, 5.41) is 2.52. The predicted octanol–water partition coefficient (Wildman–Crippen LogP) is 4.97. The van der Waals surface area contributed by atoms with Crippen molar-refractivity contribution in [3.8, 4) is 0 Å². The number of benzene rings is 3. The molecule has 0 aliphatic carbocycles. The van der Waals surface area contributed by atoms with E-state index in [9.17, 15) is 9.59 Å². The first-order valence-corrected chi connectivity index (χ1v) is 9.38. The van der Waals surface area contributed by atoms with Crippen molar-refractivity contribution in [2.45, 2.75) is 26.2 Å². The van der Waals surface area contributed by atoms with Crippen LogP contribution in [0.15, 0.2) is 64.2 Å². The predicted molar refractivity (Wildman–Crippen MR) is 116 cm³/mol. The van der Waals surface area contributed by atoms with Gasteiger partial charge in [-0.1, -0.05) is 45.0 Å². The van der Waals surface area contributed by atoms with Crippen LogP contribution in [-0.4, -0.2) is 9.97 Å². The molecule has 0 radical (unpaired) electrons. The van der Waals surface area contributed by atoms with Crippen molar-refractivity contribution >= 4 is 43.6 Å². The molecule has 2 aromatic heterocycles. The Bertz CT molecular complexity index is 1530. The molecule has 4 heteroatoms. The summed E-state index contributed by atoms with van der Waals surface area (Å²) in [7, 11) is 0. The number of aromatic nitrogens is 2. The van der Waals surface area contributed by atoms with E-state index in [0.717, 1.165) is 16.6 Å². The second-order valence-electron chi connectivity index (χ2n) is 8.38. The molecule has 0 atom stereocenters. The zero-order chi connectivity index (χ0) is 19.6. The second kappa shape index (κ2) is 5.55. The van der Waals surface area contributed by atoms with Crippen molar-refractivity contribution in [2.24, 2.45) is 0 Å². The molecule has 0 aliphatic rings. The summed E-state index contributed by atoms with van der Waals surface area (Å²) in [6.45, 7) is 6.32. The van der Waals surface area contributed by atoms with Gasteiger partial charge in [-0.3, -0.25) is 9.59 Å². The summed E-state index contributed by atoms with van der Waals surface area (Å²) in [5.74, 6) is 0. The Morgan fingerprint density at radius 1 is 0.643 bits per heavy atom. The number of pyridine rings is 2. The standard InChI is InChI=1S/C24H20N2O2/c1-24(2,3)16-8-6-10-18-21(16)23(28)15-12-19-14(11-20(15)26-18)22(27)13-7-4-5-9-17(13)25-19/h4-12H,1-3H3,(H,25,27)(H,26,28). The number of rotatable bonds is 0. The van der Waals surface area contributed by atoms with Gasteiger partial charge in [-0.2, -0.15) is 0 Å². The highest BCUT2D eigenvalue weighted by molar-refractivity contribution is 6.03.